The number of piperidine rings is 1. The number of nitrogens with one attached hydrogen (secondary N) is 1. The predicted octanol–water partition coefficient (Wildman–Crippen LogP) is 5.31. The molecule has 1 saturated heterocycles. The molecule has 4 aromatic rings. The molecule has 1 aliphatic heterocycles. The first-order chi connectivity index (χ1) is 16.6. The molecule has 34 heavy (non-hydrogen) atoms. The Labute approximate surface area is 202 Å². The van der Waals surface area contributed by atoms with Gasteiger partial charge in [-0.05, 0) is 62.2 Å². The van der Waals surface area contributed by atoms with Crippen molar-refractivity contribution < 1.29 is 13.7 Å². The van der Waals surface area contributed by atoms with E-state index in [2.05, 4.69) is 27.5 Å². The zero-order valence-electron chi connectivity index (χ0n) is 19.0. The second kappa shape index (κ2) is 10.5. The van der Waals surface area contributed by atoms with Gasteiger partial charge in [-0.2, -0.15) is 0 Å². The highest BCUT2D eigenvalue weighted by molar-refractivity contribution is 7.12. The molecule has 0 radical (unpaired) electrons. The standard InChI is InChI=1S/C27H28FN3O2S/c28-21-6-9-24-25(17-21)33-30-27(24)20-10-13-31(14-11-20)15-12-22-7-8-23(34-22)18-29-26(32)16-19-4-2-1-3-5-19/h1-9,17,20H,10-16,18H2,(H,29,32). The molecule has 1 amide bonds. The molecule has 1 N–H and O–H groups in total. The Balaban J connectivity index is 1.06. The molecule has 5 rings (SSSR count). The quantitative estimate of drug-likeness (QED) is 0.374. The largest absolute Gasteiger partial charge is 0.356 e. The van der Waals surface area contributed by atoms with Gasteiger partial charge in [0.1, 0.15) is 5.82 Å². The van der Waals surface area contributed by atoms with Crippen molar-refractivity contribution in [3.05, 3.63) is 87.5 Å². The maximum atomic E-state index is 13.4. The minimum Gasteiger partial charge on any atom is -0.356 e. The van der Waals surface area contributed by atoms with Crippen LogP contribution in [0.5, 0.6) is 0 Å². The number of aromatic nitrogens is 1. The summed E-state index contributed by atoms with van der Waals surface area (Å²) in [7, 11) is 0. The predicted molar refractivity (Wildman–Crippen MR) is 132 cm³/mol. The van der Waals surface area contributed by atoms with Crippen molar-refractivity contribution >= 4 is 28.2 Å². The van der Waals surface area contributed by atoms with E-state index >= 15 is 0 Å². The van der Waals surface area contributed by atoms with Crippen LogP contribution in [0.1, 0.15) is 39.8 Å². The summed E-state index contributed by atoms with van der Waals surface area (Å²) in [5, 5.41) is 8.21. The Morgan fingerprint density at radius 1 is 1.09 bits per heavy atom. The third-order valence-electron chi connectivity index (χ3n) is 6.50. The molecular weight excluding hydrogens is 449 g/mol. The number of hydrogen-bond donors (Lipinski definition) is 1. The minimum atomic E-state index is -0.295. The Bertz CT molecular complexity index is 1250. The number of carbonyl (C=O) groups excluding carboxylic acids is 1. The van der Waals surface area contributed by atoms with E-state index in [0.717, 1.165) is 55.5 Å². The van der Waals surface area contributed by atoms with Gasteiger partial charge in [0.2, 0.25) is 5.91 Å². The number of fused-ring (bicyclic) bond motifs is 1. The van der Waals surface area contributed by atoms with Gasteiger partial charge in [-0.3, -0.25) is 4.79 Å². The van der Waals surface area contributed by atoms with Gasteiger partial charge in [-0.1, -0.05) is 35.5 Å². The lowest BCUT2D eigenvalue weighted by Gasteiger charge is -2.31. The Morgan fingerprint density at radius 2 is 1.88 bits per heavy atom. The summed E-state index contributed by atoms with van der Waals surface area (Å²) in [6, 6.07) is 18.8. The number of nitrogens with zero attached hydrogens (tertiary/aromatic N) is 2. The van der Waals surface area contributed by atoms with Crippen molar-refractivity contribution in [3.8, 4) is 0 Å². The van der Waals surface area contributed by atoms with Crippen LogP contribution in [-0.2, 0) is 24.2 Å². The topological polar surface area (TPSA) is 58.4 Å². The molecule has 0 saturated carbocycles. The van der Waals surface area contributed by atoms with Crippen molar-refractivity contribution in [2.24, 2.45) is 0 Å². The lowest BCUT2D eigenvalue weighted by atomic mass is 9.91. The van der Waals surface area contributed by atoms with Gasteiger partial charge in [-0.15, -0.1) is 11.3 Å². The van der Waals surface area contributed by atoms with Crippen LogP contribution in [0.25, 0.3) is 11.0 Å². The summed E-state index contributed by atoms with van der Waals surface area (Å²) in [6.45, 7) is 3.65. The molecule has 1 aliphatic rings. The van der Waals surface area contributed by atoms with Crippen LogP contribution in [-0.4, -0.2) is 35.6 Å². The van der Waals surface area contributed by atoms with Crippen LogP contribution in [0, 0.1) is 5.82 Å². The highest BCUT2D eigenvalue weighted by Gasteiger charge is 2.25. The number of rotatable bonds is 8. The fourth-order valence-corrected chi connectivity index (χ4v) is 5.55. The number of likely N-dealkylation sites (tertiary alicyclic amines) is 1. The van der Waals surface area contributed by atoms with Crippen LogP contribution < -0.4 is 5.32 Å². The van der Waals surface area contributed by atoms with Crippen molar-refractivity contribution in [3.63, 3.8) is 0 Å². The van der Waals surface area contributed by atoms with Crippen LogP contribution in [0.15, 0.2) is 65.2 Å². The second-order valence-corrected chi connectivity index (χ2v) is 10.1. The molecule has 3 heterocycles. The van der Waals surface area contributed by atoms with E-state index in [0.29, 0.717) is 24.5 Å². The number of hydrogen-bond acceptors (Lipinski definition) is 5. The number of benzene rings is 2. The summed E-state index contributed by atoms with van der Waals surface area (Å²) in [5.74, 6) is 0.112. The fourth-order valence-electron chi connectivity index (χ4n) is 4.60. The molecule has 0 aliphatic carbocycles. The molecule has 1 fully saturated rings. The monoisotopic (exact) mass is 477 g/mol. The number of thiophene rings is 1. The summed E-state index contributed by atoms with van der Waals surface area (Å²) < 4.78 is 18.8. The molecule has 7 heteroatoms. The maximum absolute atomic E-state index is 13.4. The van der Waals surface area contributed by atoms with Crippen LogP contribution >= 0.6 is 11.3 Å². The van der Waals surface area contributed by atoms with Gasteiger partial charge in [0.25, 0.3) is 0 Å². The lowest BCUT2D eigenvalue weighted by Crippen LogP contribution is -2.34. The van der Waals surface area contributed by atoms with Crippen molar-refractivity contribution in [1.29, 1.82) is 0 Å². The van der Waals surface area contributed by atoms with Crippen LogP contribution in [0.4, 0.5) is 4.39 Å². The van der Waals surface area contributed by atoms with E-state index in [1.807, 2.05) is 30.3 Å². The first kappa shape index (κ1) is 22.7. The molecule has 5 nitrogen and oxygen atoms in total. The Hall–Kier alpha value is -3.03. The number of halogens is 1. The molecule has 0 spiro atoms. The summed E-state index contributed by atoms with van der Waals surface area (Å²) in [4.78, 5) is 17.2. The smallest absolute Gasteiger partial charge is 0.224 e. The van der Waals surface area contributed by atoms with E-state index in [1.165, 1.54) is 21.9 Å². The molecular formula is C27H28FN3O2S. The lowest BCUT2D eigenvalue weighted by molar-refractivity contribution is -0.120. The van der Waals surface area contributed by atoms with Crippen molar-refractivity contribution in [2.75, 3.05) is 19.6 Å². The highest BCUT2D eigenvalue weighted by Crippen LogP contribution is 2.33. The third kappa shape index (κ3) is 5.54. The Kier molecular flexibility index (Phi) is 7.02. The summed E-state index contributed by atoms with van der Waals surface area (Å²) >= 11 is 1.78. The first-order valence-corrected chi connectivity index (χ1v) is 12.6. The molecule has 0 bridgehead atoms. The van der Waals surface area contributed by atoms with Gasteiger partial charge in [0.05, 0.1) is 18.7 Å². The average molecular weight is 478 g/mol. The van der Waals surface area contributed by atoms with Gasteiger partial charge in [-0.25, -0.2) is 4.39 Å². The number of amides is 1. The van der Waals surface area contributed by atoms with Gasteiger partial charge >= 0.3 is 0 Å². The van der Waals surface area contributed by atoms with E-state index in [1.54, 1.807) is 17.4 Å². The molecule has 0 atom stereocenters. The summed E-state index contributed by atoms with van der Waals surface area (Å²) in [5.41, 5.74) is 2.52. The third-order valence-corrected chi connectivity index (χ3v) is 7.64. The maximum Gasteiger partial charge on any atom is 0.224 e. The Morgan fingerprint density at radius 3 is 2.71 bits per heavy atom. The van der Waals surface area contributed by atoms with E-state index in [-0.39, 0.29) is 11.7 Å². The summed E-state index contributed by atoms with van der Waals surface area (Å²) in [6.07, 6.45) is 3.49. The average Bonchev–Trinajstić information content (AvgIpc) is 3.49. The van der Waals surface area contributed by atoms with Crippen molar-refractivity contribution in [2.45, 2.75) is 38.1 Å². The number of carbonyl (C=O) groups is 1. The van der Waals surface area contributed by atoms with Gasteiger partial charge in [0.15, 0.2) is 5.58 Å². The van der Waals surface area contributed by atoms with Crippen molar-refractivity contribution in [1.82, 2.24) is 15.4 Å². The van der Waals surface area contributed by atoms with E-state index < -0.39 is 0 Å². The fraction of sp³-hybridized carbons (Fsp3) is 0.333. The van der Waals surface area contributed by atoms with E-state index in [9.17, 15) is 9.18 Å². The van der Waals surface area contributed by atoms with Crippen LogP contribution in [0.2, 0.25) is 0 Å². The highest BCUT2D eigenvalue weighted by atomic mass is 32.1. The van der Waals surface area contributed by atoms with Gasteiger partial charge in [0, 0.05) is 33.7 Å². The molecule has 2 aromatic heterocycles. The van der Waals surface area contributed by atoms with Gasteiger partial charge < -0.3 is 14.7 Å². The minimum absolute atomic E-state index is 0.0500. The zero-order valence-corrected chi connectivity index (χ0v) is 19.8. The second-order valence-electron chi connectivity index (χ2n) is 8.88. The van der Waals surface area contributed by atoms with Crippen LogP contribution in [0.3, 0.4) is 0 Å². The molecule has 0 unspecified atom stereocenters. The van der Waals surface area contributed by atoms with E-state index in [4.69, 9.17) is 4.52 Å². The first-order valence-electron chi connectivity index (χ1n) is 11.8. The zero-order chi connectivity index (χ0) is 23.3. The normalized spacial score (nSPS) is 15.1. The molecule has 2 aromatic carbocycles. The molecule has 176 valence electrons. The SMILES string of the molecule is O=C(Cc1ccccc1)NCc1ccc(CCN2CCC(c3noc4cc(F)ccc34)CC2)s1.